The maximum absolute atomic E-state index is 12.7. The van der Waals surface area contributed by atoms with E-state index in [-0.39, 0.29) is 11.9 Å². The van der Waals surface area contributed by atoms with Crippen LogP contribution in [0.3, 0.4) is 0 Å². The summed E-state index contributed by atoms with van der Waals surface area (Å²) in [4.78, 5) is 10.6. The molecule has 0 bridgehead atoms. The van der Waals surface area contributed by atoms with Crippen LogP contribution in [0.25, 0.3) is 0 Å². The van der Waals surface area contributed by atoms with E-state index in [4.69, 9.17) is 5.11 Å². The molecule has 0 spiro atoms. The second-order valence-corrected chi connectivity index (χ2v) is 4.38. The Bertz CT molecular complexity index is 364. The maximum Gasteiger partial charge on any atom is 0.307 e. The van der Waals surface area contributed by atoms with Crippen LogP contribution >= 0.6 is 0 Å². The predicted octanol–water partition coefficient (Wildman–Crippen LogP) is 2.07. The summed E-state index contributed by atoms with van der Waals surface area (Å²) in [5, 5.41) is 11.9. The lowest BCUT2D eigenvalue weighted by molar-refractivity contribution is -0.140. The highest BCUT2D eigenvalue weighted by atomic mass is 19.1. The number of carboxylic acid groups (broad SMARTS) is 1. The number of benzene rings is 1. The van der Waals surface area contributed by atoms with Crippen LogP contribution in [0, 0.1) is 11.7 Å². The van der Waals surface area contributed by atoms with E-state index in [0.29, 0.717) is 6.54 Å². The second-order valence-electron chi connectivity index (χ2n) is 4.38. The van der Waals surface area contributed by atoms with Gasteiger partial charge in [-0.05, 0) is 31.0 Å². The molecule has 17 heavy (non-hydrogen) atoms. The Morgan fingerprint density at radius 2 is 1.94 bits per heavy atom. The molecule has 2 atom stereocenters. The molecule has 94 valence electrons. The number of nitrogens with one attached hydrogen (secondary N) is 1. The average Bonchev–Trinajstić information content (AvgIpc) is 2.29. The minimum absolute atomic E-state index is 0.169. The first-order chi connectivity index (χ1) is 7.99. The molecule has 0 radical (unpaired) electrons. The summed E-state index contributed by atoms with van der Waals surface area (Å²) in [6.45, 7) is 4.09. The van der Waals surface area contributed by atoms with Gasteiger partial charge in [0.1, 0.15) is 5.82 Å². The molecule has 4 heteroatoms. The zero-order valence-corrected chi connectivity index (χ0v) is 10.1. The van der Waals surface area contributed by atoms with Crippen molar-refractivity contribution in [3.05, 3.63) is 35.6 Å². The van der Waals surface area contributed by atoms with Crippen molar-refractivity contribution in [3.8, 4) is 0 Å². The van der Waals surface area contributed by atoms with Gasteiger partial charge in [-0.3, -0.25) is 4.79 Å². The minimum atomic E-state index is -0.800. The van der Waals surface area contributed by atoms with Crippen molar-refractivity contribution in [2.24, 2.45) is 5.92 Å². The number of aliphatic carboxylic acids is 1. The molecule has 1 rings (SSSR count). The molecular formula is C13H18FNO2. The summed E-state index contributed by atoms with van der Waals surface area (Å²) < 4.78 is 12.7. The Hall–Kier alpha value is -1.42. The lowest BCUT2D eigenvalue weighted by Crippen LogP contribution is -2.34. The van der Waals surface area contributed by atoms with Crippen LogP contribution in [-0.2, 0) is 11.2 Å². The third-order valence-corrected chi connectivity index (χ3v) is 2.65. The van der Waals surface area contributed by atoms with Crippen molar-refractivity contribution in [1.29, 1.82) is 0 Å². The molecule has 3 nitrogen and oxygen atoms in total. The van der Waals surface area contributed by atoms with E-state index in [2.05, 4.69) is 5.32 Å². The molecule has 1 aromatic rings. The Balaban J connectivity index is 2.36. The molecule has 0 aliphatic carbocycles. The molecule has 2 unspecified atom stereocenters. The maximum atomic E-state index is 12.7. The normalized spacial score (nSPS) is 14.3. The summed E-state index contributed by atoms with van der Waals surface area (Å²) in [5.41, 5.74) is 1.04. The fourth-order valence-electron chi connectivity index (χ4n) is 1.51. The molecule has 0 aliphatic heterocycles. The van der Waals surface area contributed by atoms with Gasteiger partial charge in [0.05, 0.1) is 5.92 Å². The molecule has 0 saturated heterocycles. The predicted molar refractivity (Wildman–Crippen MR) is 64.4 cm³/mol. The van der Waals surface area contributed by atoms with E-state index < -0.39 is 11.9 Å². The van der Waals surface area contributed by atoms with E-state index in [1.54, 1.807) is 19.1 Å². The van der Waals surface area contributed by atoms with Crippen LogP contribution in [0.5, 0.6) is 0 Å². The number of hydrogen-bond acceptors (Lipinski definition) is 2. The van der Waals surface area contributed by atoms with Gasteiger partial charge >= 0.3 is 5.97 Å². The highest BCUT2D eigenvalue weighted by Crippen LogP contribution is 2.06. The minimum Gasteiger partial charge on any atom is -0.481 e. The van der Waals surface area contributed by atoms with Crippen LogP contribution in [0.4, 0.5) is 4.39 Å². The van der Waals surface area contributed by atoms with Crippen LogP contribution in [0.1, 0.15) is 19.4 Å². The van der Waals surface area contributed by atoms with Gasteiger partial charge in [0.15, 0.2) is 0 Å². The molecule has 0 aliphatic rings. The van der Waals surface area contributed by atoms with Crippen molar-refractivity contribution in [1.82, 2.24) is 5.32 Å². The quantitative estimate of drug-likeness (QED) is 0.799. The number of rotatable bonds is 6. The van der Waals surface area contributed by atoms with E-state index in [1.807, 2.05) is 6.92 Å². The van der Waals surface area contributed by atoms with E-state index in [0.717, 1.165) is 12.0 Å². The smallest absolute Gasteiger partial charge is 0.307 e. The zero-order valence-electron chi connectivity index (χ0n) is 10.1. The standard InChI is InChI=1S/C13H18FNO2/c1-9(13(16)17)8-15-10(2)7-11-3-5-12(14)6-4-11/h3-6,9-10,15H,7-8H2,1-2H3,(H,16,17). The Morgan fingerprint density at radius 1 is 1.35 bits per heavy atom. The van der Waals surface area contributed by atoms with Gasteiger partial charge in [-0.2, -0.15) is 0 Å². The second kappa shape index (κ2) is 6.35. The van der Waals surface area contributed by atoms with Crippen LogP contribution in [0.2, 0.25) is 0 Å². The fourth-order valence-corrected chi connectivity index (χ4v) is 1.51. The Labute approximate surface area is 101 Å². The topological polar surface area (TPSA) is 49.3 Å². The lowest BCUT2D eigenvalue weighted by atomic mass is 10.1. The van der Waals surface area contributed by atoms with Crippen molar-refractivity contribution in [2.75, 3.05) is 6.54 Å². The van der Waals surface area contributed by atoms with Crippen molar-refractivity contribution in [3.63, 3.8) is 0 Å². The van der Waals surface area contributed by atoms with Crippen LogP contribution < -0.4 is 5.32 Å². The van der Waals surface area contributed by atoms with E-state index >= 15 is 0 Å². The summed E-state index contributed by atoms with van der Waals surface area (Å²) in [5.74, 6) is -1.44. The number of halogens is 1. The lowest BCUT2D eigenvalue weighted by Gasteiger charge is -2.15. The van der Waals surface area contributed by atoms with Gasteiger partial charge in [-0.25, -0.2) is 4.39 Å². The highest BCUT2D eigenvalue weighted by Gasteiger charge is 2.12. The number of carboxylic acids is 1. The van der Waals surface area contributed by atoms with Crippen molar-refractivity contribution in [2.45, 2.75) is 26.3 Å². The van der Waals surface area contributed by atoms with Gasteiger partial charge in [0, 0.05) is 12.6 Å². The summed E-state index contributed by atoms with van der Waals surface area (Å²) in [7, 11) is 0. The Morgan fingerprint density at radius 3 is 2.47 bits per heavy atom. The van der Waals surface area contributed by atoms with Crippen molar-refractivity contribution < 1.29 is 14.3 Å². The SMILES string of the molecule is CC(Cc1ccc(F)cc1)NCC(C)C(=O)O. The first-order valence-electron chi connectivity index (χ1n) is 5.69. The fraction of sp³-hybridized carbons (Fsp3) is 0.462. The molecule has 0 heterocycles. The largest absolute Gasteiger partial charge is 0.481 e. The van der Waals surface area contributed by atoms with Gasteiger partial charge in [0.25, 0.3) is 0 Å². The molecule has 1 aromatic carbocycles. The van der Waals surface area contributed by atoms with E-state index in [1.165, 1.54) is 12.1 Å². The Kier molecular flexibility index (Phi) is 5.10. The number of carbonyl (C=O) groups is 1. The third kappa shape index (κ3) is 4.95. The van der Waals surface area contributed by atoms with Gasteiger partial charge in [-0.1, -0.05) is 19.1 Å². The highest BCUT2D eigenvalue weighted by molar-refractivity contribution is 5.69. The van der Waals surface area contributed by atoms with Crippen LogP contribution in [0.15, 0.2) is 24.3 Å². The van der Waals surface area contributed by atoms with E-state index in [9.17, 15) is 9.18 Å². The van der Waals surface area contributed by atoms with Crippen LogP contribution in [-0.4, -0.2) is 23.7 Å². The molecular weight excluding hydrogens is 221 g/mol. The average molecular weight is 239 g/mol. The molecule has 0 saturated carbocycles. The number of hydrogen-bond donors (Lipinski definition) is 2. The molecule has 0 aromatic heterocycles. The summed E-state index contributed by atoms with van der Waals surface area (Å²) in [6, 6.07) is 6.52. The molecule has 0 fully saturated rings. The molecule has 2 N–H and O–H groups in total. The molecule has 0 amide bonds. The van der Waals surface area contributed by atoms with Crippen molar-refractivity contribution >= 4 is 5.97 Å². The van der Waals surface area contributed by atoms with Gasteiger partial charge < -0.3 is 10.4 Å². The summed E-state index contributed by atoms with van der Waals surface area (Å²) in [6.07, 6.45) is 0.757. The van der Waals surface area contributed by atoms with Gasteiger partial charge in [0.2, 0.25) is 0 Å². The van der Waals surface area contributed by atoms with Gasteiger partial charge in [-0.15, -0.1) is 0 Å². The first-order valence-corrected chi connectivity index (χ1v) is 5.69. The third-order valence-electron chi connectivity index (χ3n) is 2.65. The monoisotopic (exact) mass is 239 g/mol. The summed E-state index contributed by atoms with van der Waals surface area (Å²) >= 11 is 0. The zero-order chi connectivity index (χ0) is 12.8. The first kappa shape index (κ1) is 13.6.